The van der Waals surface area contributed by atoms with E-state index in [4.69, 9.17) is 4.42 Å². The fourth-order valence-corrected chi connectivity index (χ4v) is 3.92. The molecule has 0 amide bonds. The summed E-state index contributed by atoms with van der Waals surface area (Å²) in [7, 11) is 4.26. The van der Waals surface area contributed by atoms with Gasteiger partial charge in [-0.15, -0.1) is 0 Å². The van der Waals surface area contributed by atoms with E-state index in [9.17, 15) is 0 Å². The summed E-state index contributed by atoms with van der Waals surface area (Å²) < 4.78 is 6.18. The summed E-state index contributed by atoms with van der Waals surface area (Å²) in [5.41, 5.74) is 6.75. The van der Waals surface area contributed by atoms with Gasteiger partial charge in [0.1, 0.15) is 0 Å². The summed E-state index contributed by atoms with van der Waals surface area (Å²) in [5, 5.41) is 0. The molecule has 0 bridgehead atoms. The summed E-state index contributed by atoms with van der Waals surface area (Å²) in [5.74, 6) is 1.77. The molecule has 27 heavy (non-hydrogen) atoms. The van der Waals surface area contributed by atoms with E-state index < -0.39 is 0 Å². The van der Waals surface area contributed by atoms with Crippen LogP contribution in [0.5, 0.6) is 0 Å². The second-order valence-corrected chi connectivity index (χ2v) is 7.55. The number of oxazole rings is 1. The van der Waals surface area contributed by atoms with E-state index in [2.05, 4.69) is 67.3 Å². The molecule has 0 spiro atoms. The first-order chi connectivity index (χ1) is 13.1. The van der Waals surface area contributed by atoms with Crippen molar-refractivity contribution >= 4 is 5.57 Å². The third kappa shape index (κ3) is 3.60. The third-order valence-electron chi connectivity index (χ3n) is 5.34. The van der Waals surface area contributed by atoms with Crippen molar-refractivity contribution < 1.29 is 4.42 Å². The molecular formula is C24H26N2O. The molecule has 2 aromatic carbocycles. The maximum Gasteiger partial charge on any atom is 0.202 e. The van der Waals surface area contributed by atoms with Crippen molar-refractivity contribution in [2.24, 2.45) is 0 Å². The quantitative estimate of drug-likeness (QED) is 0.590. The van der Waals surface area contributed by atoms with Gasteiger partial charge in [0.05, 0.1) is 12.1 Å². The lowest BCUT2D eigenvalue weighted by molar-refractivity contribution is 0.412. The zero-order chi connectivity index (χ0) is 18.8. The Morgan fingerprint density at radius 2 is 1.78 bits per heavy atom. The Kier molecular flexibility index (Phi) is 4.95. The molecule has 138 valence electrons. The number of rotatable bonds is 6. The largest absolute Gasteiger partial charge is 0.440 e. The maximum absolute atomic E-state index is 6.18. The lowest BCUT2D eigenvalue weighted by atomic mass is 9.92. The van der Waals surface area contributed by atoms with Crippen LogP contribution in [0.25, 0.3) is 16.9 Å². The van der Waals surface area contributed by atoms with Crippen LogP contribution in [-0.4, -0.2) is 30.5 Å². The molecule has 1 heterocycles. The molecule has 0 aliphatic heterocycles. The molecule has 1 aliphatic carbocycles. The SMILES string of the molecule is CC(C1=C(CCN(C)C)Cc2ccccc21)c1ncc(-c2ccccc2)o1. The molecule has 0 fully saturated rings. The second-order valence-electron chi connectivity index (χ2n) is 7.55. The first-order valence-corrected chi connectivity index (χ1v) is 9.59. The van der Waals surface area contributed by atoms with Crippen LogP contribution < -0.4 is 0 Å². The molecule has 3 heteroatoms. The van der Waals surface area contributed by atoms with E-state index in [0.29, 0.717) is 0 Å². The molecule has 1 unspecified atom stereocenters. The maximum atomic E-state index is 6.18. The first kappa shape index (κ1) is 17.7. The smallest absolute Gasteiger partial charge is 0.202 e. The number of benzene rings is 2. The fourth-order valence-electron chi connectivity index (χ4n) is 3.92. The van der Waals surface area contributed by atoms with Crippen molar-refractivity contribution in [3.8, 4) is 11.3 Å². The van der Waals surface area contributed by atoms with Gasteiger partial charge in [0.15, 0.2) is 5.76 Å². The van der Waals surface area contributed by atoms with Crippen LogP contribution >= 0.6 is 0 Å². The molecule has 1 atom stereocenters. The Balaban J connectivity index is 1.68. The molecule has 1 aliphatic rings. The molecule has 0 saturated heterocycles. The van der Waals surface area contributed by atoms with Gasteiger partial charge >= 0.3 is 0 Å². The zero-order valence-corrected chi connectivity index (χ0v) is 16.3. The van der Waals surface area contributed by atoms with E-state index in [1.165, 1.54) is 22.3 Å². The van der Waals surface area contributed by atoms with Gasteiger partial charge in [0.2, 0.25) is 5.89 Å². The molecule has 0 N–H and O–H groups in total. The van der Waals surface area contributed by atoms with Crippen LogP contribution in [0, 0.1) is 0 Å². The minimum absolute atomic E-state index is 0.142. The van der Waals surface area contributed by atoms with Crippen molar-refractivity contribution in [1.29, 1.82) is 0 Å². The standard InChI is InChI=1S/C24H26N2O/c1-17(24-25-16-22(27-24)18-9-5-4-6-10-18)23-20(13-14-26(2)3)15-19-11-7-8-12-21(19)23/h4-12,16-17H,13-15H2,1-3H3. The number of fused-ring (bicyclic) bond motifs is 1. The summed E-state index contributed by atoms with van der Waals surface area (Å²) in [6, 6.07) is 18.9. The Morgan fingerprint density at radius 3 is 2.56 bits per heavy atom. The molecule has 0 radical (unpaired) electrons. The van der Waals surface area contributed by atoms with Crippen molar-refractivity contribution in [3.05, 3.63) is 83.4 Å². The second kappa shape index (κ2) is 7.53. The first-order valence-electron chi connectivity index (χ1n) is 9.59. The van der Waals surface area contributed by atoms with Gasteiger partial charge < -0.3 is 9.32 Å². The molecular weight excluding hydrogens is 332 g/mol. The van der Waals surface area contributed by atoms with Crippen LogP contribution in [0.4, 0.5) is 0 Å². The molecule has 4 rings (SSSR count). The molecule has 0 saturated carbocycles. The van der Waals surface area contributed by atoms with Crippen LogP contribution in [-0.2, 0) is 6.42 Å². The van der Waals surface area contributed by atoms with Gasteiger partial charge in [0, 0.05) is 12.1 Å². The van der Waals surface area contributed by atoms with Crippen LogP contribution in [0.1, 0.15) is 36.3 Å². The van der Waals surface area contributed by atoms with Gasteiger partial charge in [-0.25, -0.2) is 4.98 Å². The highest BCUT2D eigenvalue weighted by molar-refractivity contribution is 5.80. The van der Waals surface area contributed by atoms with Gasteiger partial charge in [-0.3, -0.25) is 0 Å². The zero-order valence-electron chi connectivity index (χ0n) is 16.3. The predicted octanol–water partition coefficient (Wildman–Crippen LogP) is 5.41. The molecule has 1 aromatic heterocycles. The van der Waals surface area contributed by atoms with Crippen molar-refractivity contribution in [2.45, 2.75) is 25.7 Å². The van der Waals surface area contributed by atoms with Gasteiger partial charge in [0.25, 0.3) is 0 Å². The third-order valence-corrected chi connectivity index (χ3v) is 5.34. The van der Waals surface area contributed by atoms with Crippen molar-refractivity contribution in [3.63, 3.8) is 0 Å². The minimum Gasteiger partial charge on any atom is -0.440 e. The number of allylic oxidation sites excluding steroid dienone is 1. The van der Waals surface area contributed by atoms with Crippen molar-refractivity contribution in [2.75, 3.05) is 20.6 Å². The Morgan fingerprint density at radius 1 is 1.04 bits per heavy atom. The average Bonchev–Trinajstić information content (AvgIpc) is 3.31. The van der Waals surface area contributed by atoms with Gasteiger partial charge in [-0.05, 0) is 50.6 Å². The van der Waals surface area contributed by atoms with E-state index in [1.54, 1.807) is 0 Å². The molecule has 3 aromatic rings. The van der Waals surface area contributed by atoms with E-state index in [-0.39, 0.29) is 5.92 Å². The normalized spacial score (nSPS) is 14.7. The fraction of sp³-hybridized carbons (Fsp3) is 0.292. The van der Waals surface area contributed by atoms with Crippen molar-refractivity contribution in [1.82, 2.24) is 9.88 Å². The summed E-state index contributed by atoms with van der Waals surface area (Å²) >= 11 is 0. The van der Waals surface area contributed by atoms with Gasteiger partial charge in [-0.1, -0.05) is 60.2 Å². The van der Waals surface area contributed by atoms with Crippen LogP contribution in [0.15, 0.2) is 70.8 Å². The lowest BCUT2D eigenvalue weighted by Gasteiger charge is -2.16. The van der Waals surface area contributed by atoms with Crippen LogP contribution in [0.2, 0.25) is 0 Å². The monoisotopic (exact) mass is 358 g/mol. The Bertz CT molecular complexity index is 953. The Hall–Kier alpha value is -2.65. The average molecular weight is 358 g/mol. The van der Waals surface area contributed by atoms with Crippen LogP contribution in [0.3, 0.4) is 0 Å². The van der Waals surface area contributed by atoms with E-state index >= 15 is 0 Å². The lowest BCUT2D eigenvalue weighted by Crippen LogP contribution is -2.14. The molecule has 3 nitrogen and oxygen atoms in total. The number of hydrogen-bond acceptors (Lipinski definition) is 3. The number of hydrogen-bond donors (Lipinski definition) is 0. The van der Waals surface area contributed by atoms with Gasteiger partial charge in [-0.2, -0.15) is 0 Å². The predicted molar refractivity (Wildman–Crippen MR) is 111 cm³/mol. The summed E-state index contributed by atoms with van der Waals surface area (Å²) in [6.45, 7) is 3.27. The van der Waals surface area contributed by atoms with E-state index in [0.717, 1.165) is 36.6 Å². The number of aromatic nitrogens is 1. The topological polar surface area (TPSA) is 29.3 Å². The Labute approximate surface area is 161 Å². The number of nitrogens with zero attached hydrogens (tertiary/aromatic N) is 2. The highest BCUT2D eigenvalue weighted by Gasteiger charge is 2.28. The highest BCUT2D eigenvalue weighted by atomic mass is 16.4. The highest BCUT2D eigenvalue weighted by Crippen LogP contribution is 2.43. The summed E-state index contributed by atoms with van der Waals surface area (Å²) in [6.07, 6.45) is 3.96. The summed E-state index contributed by atoms with van der Waals surface area (Å²) in [4.78, 5) is 6.88. The minimum atomic E-state index is 0.142. The van der Waals surface area contributed by atoms with E-state index in [1.807, 2.05) is 24.4 Å².